The molecule has 1 aromatic heterocycles. The van der Waals surface area contributed by atoms with Crippen LogP contribution in [0, 0.1) is 0 Å². The molecule has 0 aliphatic heterocycles. The summed E-state index contributed by atoms with van der Waals surface area (Å²) in [5.41, 5.74) is 1.63. The number of aromatic amines is 1. The molecule has 0 aliphatic rings. The van der Waals surface area contributed by atoms with Gasteiger partial charge < -0.3 is 10.1 Å². The first-order chi connectivity index (χ1) is 15.1. The van der Waals surface area contributed by atoms with Gasteiger partial charge in [-0.25, -0.2) is 0 Å². The van der Waals surface area contributed by atoms with Crippen LogP contribution in [0.5, 0.6) is 5.75 Å². The minimum absolute atomic E-state index is 0.120. The van der Waals surface area contributed by atoms with Gasteiger partial charge in [-0.15, -0.1) is 5.10 Å². The molecule has 31 heavy (non-hydrogen) atoms. The molecule has 3 aromatic carbocycles. The number of ether oxygens (including phenoxy) is 1. The number of rotatable bonds is 7. The third kappa shape index (κ3) is 4.69. The van der Waals surface area contributed by atoms with Crippen molar-refractivity contribution in [3.8, 4) is 17.1 Å². The lowest BCUT2D eigenvalue weighted by molar-refractivity contribution is -0.123. The number of carbonyl (C=O) groups is 2. The van der Waals surface area contributed by atoms with Gasteiger partial charge in [0.05, 0.1) is 25.6 Å². The molecule has 8 nitrogen and oxygen atoms in total. The third-order valence-electron chi connectivity index (χ3n) is 4.78. The van der Waals surface area contributed by atoms with E-state index in [0.29, 0.717) is 11.6 Å². The molecular formula is C23H21N5O3. The van der Waals surface area contributed by atoms with Crippen LogP contribution >= 0.6 is 0 Å². The van der Waals surface area contributed by atoms with E-state index < -0.39 is 5.91 Å². The number of nitrogens with zero attached hydrogens (tertiary/aromatic N) is 2. The number of methoxy groups -OCH3 is 1. The van der Waals surface area contributed by atoms with Crippen LogP contribution in [-0.4, -0.2) is 40.7 Å². The lowest BCUT2D eigenvalue weighted by Gasteiger charge is -2.07. The van der Waals surface area contributed by atoms with Crippen LogP contribution in [0.2, 0.25) is 0 Å². The lowest BCUT2D eigenvalue weighted by atomic mass is 10.0. The summed E-state index contributed by atoms with van der Waals surface area (Å²) in [6.45, 7) is -0.178. The molecule has 0 saturated carbocycles. The van der Waals surface area contributed by atoms with E-state index >= 15 is 0 Å². The molecule has 8 heteroatoms. The maximum Gasteiger partial charge on any atom is 0.249 e. The van der Waals surface area contributed by atoms with Crippen molar-refractivity contribution in [1.29, 1.82) is 0 Å². The van der Waals surface area contributed by atoms with Crippen molar-refractivity contribution in [3.63, 3.8) is 0 Å². The maximum absolute atomic E-state index is 12.3. The number of hydrogen-bond acceptors (Lipinski definition) is 5. The standard InChI is InChI=1S/C23H21N5O3/c1-31-19-12-5-4-11-18(19)22-26-23(28-27-22)25-21(30)14-24-20(29)13-16-9-6-8-15-7-2-3-10-17(15)16/h2-12H,13-14H2,1H3,(H,24,29)(H2,25,26,27,28,30). The van der Waals surface area contributed by atoms with Crippen molar-refractivity contribution in [2.75, 3.05) is 19.0 Å². The smallest absolute Gasteiger partial charge is 0.249 e. The molecule has 0 atom stereocenters. The van der Waals surface area contributed by atoms with Gasteiger partial charge in [-0.3, -0.25) is 20.0 Å². The summed E-state index contributed by atoms with van der Waals surface area (Å²) < 4.78 is 5.31. The summed E-state index contributed by atoms with van der Waals surface area (Å²) in [5, 5.41) is 14.1. The van der Waals surface area contributed by atoms with Gasteiger partial charge >= 0.3 is 0 Å². The highest BCUT2D eigenvalue weighted by molar-refractivity contribution is 5.95. The number of aromatic nitrogens is 3. The lowest BCUT2D eigenvalue weighted by Crippen LogP contribution is -2.34. The summed E-state index contributed by atoms with van der Waals surface area (Å²) in [4.78, 5) is 28.8. The number of benzene rings is 3. The largest absolute Gasteiger partial charge is 0.496 e. The highest BCUT2D eigenvalue weighted by atomic mass is 16.5. The molecule has 0 unspecified atom stereocenters. The summed E-state index contributed by atoms with van der Waals surface area (Å²) in [7, 11) is 1.57. The molecular weight excluding hydrogens is 394 g/mol. The van der Waals surface area contributed by atoms with Crippen molar-refractivity contribution in [2.45, 2.75) is 6.42 Å². The number of hydrogen-bond donors (Lipinski definition) is 3. The van der Waals surface area contributed by atoms with Crippen molar-refractivity contribution in [2.24, 2.45) is 0 Å². The van der Waals surface area contributed by atoms with E-state index in [4.69, 9.17) is 4.74 Å². The zero-order valence-corrected chi connectivity index (χ0v) is 16.9. The predicted octanol–water partition coefficient (Wildman–Crippen LogP) is 2.93. The van der Waals surface area contributed by atoms with Gasteiger partial charge in [-0.05, 0) is 28.5 Å². The average molecular weight is 415 g/mol. The summed E-state index contributed by atoms with van der Waals surface area (Å²) in [6.07, 6.45) is 0.188. The topological polar surface area (TPSA) is 109 Å². The second-order valence-corrected chi connectivity index (χ2v) is 6.85. The van der Waals surface area contributed by atoms with Gasteiger partial charge in [0.2, 0.25) is 17.8 Å². The Morgan fingerprint density at radius 2 is 1.74 bits per heavy atom. The van der Waals surface area contributed by atoms with Crippen molar-refractivity contribution >= 4 is 28.5 Å². The molecule has 0 fully saturated rings. The third-order valence-corrected chi connectivity index (χ3v) is 4.78. The zero-order chi connectivity index (χ0) is 21.6. The van der Waals surface area contributed by atoms with Crippen LogP contribution in [0.15, 0.2) is 66.7 Å². The Kier molecular flexibility index (Phi) is 5.89. The molecule has 0 bridgehead atoms. The van der Waals surface area contributed by atoms with E-state index in [9.17, 15) is 9.59 Å². The Morgan fingerprint density at radius 3 is 2.61 bits per heavy atom. The van der Waals surface area contributed by atoms with Gasteiger partial charge in [0, 0.05) is 0 Å². The molecule has 0 radical (unpaired) electrons. The molecule has 156 valence electrons. The van der Waals surface area contributed by atoms with E-state index in [1.807, 2.05) is 66.7 Å². The molecule has 4 rings (SSSR count). The van der Waals surface area contributed by atoms with E-state index in [2.05, 4.69) is 25.8 Å². The van der Waals surface area contributed by atoms with E-state index in [0.717, 1.165) is 21.9 Å². The van der Waals surface area contributed by atoms with Gasteiger partial charge in [-0.1, -0.05) is 54.6 Å². The van der Waals surface area contributed by atoms with Crippen molar-refractivity contribution < 1.29 is 14.3 Å². The van der Waals surface area contributed by atoms with Crippen LogP contribution in [0.4, 0.5) is 5.95 Å². The molecule has 3 N–H and O–H groups in total. The Bertz CT molecular complexity index is 1230. The molecule has 0 aliphatic carbocycles. The summed E-state index contributed by atoms with van der Waals surface area (Å²) >= 11 is 0. The minimum atomic E-state index is -0.420. The highest BCUT2D eigenvalue weighted by Crippen LogP contribution is 2.27. The monoisotopic (exact) mass is 415 g/mol. The second-order valence-electron chi connectivity index (χ2n) is 6.85. The van der Waals surface area contributed by atoms with Gasteiger partial charge in [0.15, 0.2) is 5.82 Å². The van der Waals surface area contributed by atoms with Gasteiger partial charge in [0.1, 0.15) is 5.75 Å². The Balaban J connectivity index is 1.33. The number of carbonyl (C=O) groups excluding carboxylic acids is 2. The van der Waals surface area contributed by atoms with Gasteiger partial charge in [0.25, 0.3) is 0 Å². The van der Waals surface area contributed by atoms with Crippen LogP contribution < -0.4 is 15.4 Å². The quantitative estimate of drug-likeness (QED) is 0.430. The first kappa shape index (κ1) is 20.1. The first-order valence-corrected chi connectivity index (χ1v) is 9.73. The van der Waals surface area contributed by atoms with E-state index in [1.165, 1.54) is 0 Å². The maximum atomic E-state index is 12.3. The van der Waals surface area contributed by atoms with Crippen LogP contribution in [-0.2, 0) is 16.0 Å². The fourth-order valence-electron chi connectivity index (χ4n) is 3.31. The van der Waals surface area contributed by atoms with E-state index in [1.54, 1.807) is 7.11 Å². The molecule has 2 amide bonds. The molecule has 0 saturated heterocycles. The Morgan fingerprint density at radius 1 is 0.968 bits per heavy atom. The molecule has 0 spiro atoms. The first-order valence-electron chi connectivity index (χ1n) is 9.73. The SMILES string of the molecule is COc1ccccc1-c1nc(NC(=O)CNC(=O)Cc2cccc3ccccc23)n[nH]1. The fourth-order valence-corrected chi connectivity index (χ4v) is 3.31. The van der Waals surface area contributed by atoms with Crippen LogP contribution in [0.3, 0.4) is 0 Å². The summed E-state index contributed by atoms with van der Waals surface area (Å²) in [5.74, 6) is 0.562. The minimum Gasteiger partial charge on any atom is -0.496 e. The molecule has 4 aromatic rings. The zero-order valence-electron chi connectivity index (χ0n) is 16.9. The fraction of sp³-hybridized carbons (Fsp3) is 0.130. The molecule has 1 heterocycles. The highest BCUT2D eigenvalue weighted by Gasteiger charge is 2.13. The Labute approximate surface area is 178 Å². The van der Waals surface area contributed by atoms with Gasteiger partial charge in [-0.2, -0.15) is 4.98 Å². The number of nitrogens with one attached hydrogen (secondary N) is 3. The van der Waals surface area contributed by atoms with Crippen LogP contribution in [0.25, 0.3) is 22.2 Å². The number of fused-ring (bicyclic) bond motifs is 1. The van der Waals surface area contributed by atoms with Crippen molar-refractivity contribution in [1.82, 2.24) is 20.5 Å². The van der Waals surface area contributed by atoms with E-state index in [-0.39, 0.29) is 24.8 Å². The predicted molar refractivity (Wildman–Crippen MR) is 118 cm³/mol. The number of anilines is 1. The normalized spacial score (nSPS) is 10.6. The van der Waals surface area contributed by atoms with Crippen LogP contribution in [0.1, 0.15) is 5.56 Å². The Hall–Kier alpha value is -4.20. The average Bonchev–Trinajstić information content (AvgIpc) is 3.26. The number of amides is 2. The number of para-hydroxylation sites is 1. The number of H-pyrrole nitrogens is 1. The van der Waals surface area contributed by atoms with Crippen molar-refractivity contribution in [3.05, 3.63) is 72.3 Å². The summed E-state index contributed by atoms with van der Waals surface area (Å²) in [6, 6.07) is 21.0. The second kappa shape index (κ2) is 9.08.